The molecular formula is C12H10N2O4S. The van der Waals surface area contributed by atoms with Gasteiger partial charge in [0, 0.05) is 5.56 Å². The first-order valence-corrected chi connectivity index (χ1v) is 6.05. The number of carbonyl (C=O) groups is 2. The molecule has 1 aromatic carbocycles. The molecule has 19 heavy (non-hydrogen) atoms. The van der Waals surface area contributed by atoms with Gasteiger partial charge in [0.05, 0.1) is 11.3 Å². The Morgan fingerprint density at radius 2 is 2.05 bits per heavy atom. The van der Waals surface area contributed by atoms with Crippen LogP contribution < -0.4 is 5.73 Å². The van der Waals surface area contributed by atoms with Gasteiger partial charge in [-0.15, -0.1) is 11.3 Å². The number of carboxylic acid groups (broad SMARTS) is 1. The van der Waals surface area contributed by atoms with Crippen molar-refractivity contribution in [2.75, 3.05) is 0 Å². The first-order valence-electron chi connectivity index (χ1n) is 5.24. The average molecular weight is 278 g/mol. The van der Waals surface area contributed by atoms with Crippen molar-refractivity contribution in [3.8, 4) is 16.3 Å². The van der Waals surface area contributed by atoms with Crippen LogP contribution in [0.3, 0.4) is 0 Å². The normalized spacial score (nSPS) is 10.4. The van der Waals surface area contributed by atoms with Gasteiger partial charge in [0.25, 0.3) is 5.91 Å². The molecule has 2 rings (SSSR count). The summed E-state index contributed by atoms with van der Waals surface area (Å²) >= 11 is 1.00. The van der Waals surface area contributed by atoms with Gasteiger partial charge < -0.3 is 15.9 Å². The van der Waals surface area contributed by atoms with Gasteiger partial charge in [-0.1, -0.05) is 0 Å². The van der Waals surface area contributed by atoms with Gasteiger partial charge in [-0.3, -0.25) is 4.79 Å². The van der Waals surface area contributed by atoms with Crippen LogP contribution in [-0.4, -0.2) is 27.1 Å². The van der Waals surface area contributed by atoms with E-state index in [-0.39, 0.29) is 16.2 Å². The molecule has 0 saturated heterocycles. The molecule has 0 aliphatic carbocycles. The molecule has 0 spiro atoms. The minimum absolute atomic E-state index is 0.0257. The molecule has 6 nitrogen and oxygen atoms in total. The second kappa shape index (κ2) is 4.69. The fourth-order valence-electron chi connectivity index (χ4n) is 1.58. The van der Waals surface area contributed by atoms with Gasteiger partial charge >= 0.3 is 5.97 Å². The summed E-state index contributed by atoms with van der Waals surface area (Å²) in [4.78, 5) is 26.4. The molecule has 0 bridgehead atoms. The van der Waals surface area contributed by atoms with Crippen molar-refractivity contribution in [2.45, 2.75) is 6.92 Å². The van der Waals surface area contributed by atoms with E-state index in [9.17, 15) is 14.7 Å². The predicted molar refractivity (Wildman–Crippen MR) is 69.4 cm³/mol. The van der Waals surface area contributed by atoms with E-state index in [1.165, 1.54) is 12.1 Å². The number of aryl methyl sites for hydroxylation is 1. The topological polar surface area (TPSA) is 114 Å². The molecule has 2 aromatic rings. The minimum Gasteiger partial charge on any atom is -0.507 e. The Labute approximate surface area is 112 Å². The summed E-state index contributed by atoms with van der Waals surface area (Å²) in [5.74, 6) is -2.02. The Morgan fingerprint density at radius 1 is 1.37 bits per heavy atom. The van der Waals surface area contributed by atoms with E-state index in [0.29, 0.717) is 16.3 Å². The summed E-state index contributed by atoms with van der Waals surface area (Å²) in [6, 6.07) is 4.26. The zero-order chi connectivity index (χ0) is 14.2. The van der Waals surface area contributed by atoms with Crippen molar-refractivity contribution < 1.29 is 19.8 Å². The van der Waals surface area contributed by atoms with Crippen LogP contribution in [0.5, 0.6) is 5.75 Å². The Bertz CT molecular complexity index is 678. The third-order valence-corrected chi connectivity index (χ3v) is 3.69. The van der Waals surface area contributed by atoms with E-state index in [1.807, 2.05) is 0 Å². The molecule has 1 aromatic heterocycles. The molecule has 1 amide bonds. The number of aromatic hydroxyl groups is 1. The van der Waals surface area contributed by atoms with Gasteiger partial charge in [-0.05, 0) is 25.1 Å². The summed E-state index contributed by atoms with van der Waals surface area (Å²) in [5.41, 5.74) is 6.05. The predicted octanol–water partition coefficient (Wildman–Crippen LogP) is 1.62. The highest BCUT2D eigenvalue weighted by molar-refractivity contribution is 7.17. The van der Waals surface area contributed by atoms with E-state index >= 15 is 0 Å². The third kappa shape index (κ3) is 2.41. The first kappa shape index (κ1) is 13.0. The number of thiazole rings is 1. The standard InChI is InChI=1S/C12H10N2O4S/c1-5-9(12(17)18)19-11(14-5)6-2-3-8(15)7(4-6)10(13)16/h2-4,15H,1H3,(H2,13,16)(H,17,18). The fourth-order valence-corrected chi connectivity index (χ4v) is 2.49. The maximum atomic E-state index is 11.1. The number of amides is 1. The molecule has 0 fully saturated rings. The molecule has 0 saturated carbocycles. The number of primary amides is 1. The van der Waals surface area contributed by atoms with Crippen LogP contribution in [0.25, 0.3) is 10.6 Å². The molecule has 4 N–H and O–H groups in total. The smallest absolute Gasteiger partial charge is 0.347 e. The van der Waals surface area contributed by atoms with Crippen molar-refractivity contribution in [3.05, 3.63) is 34.3 Å². The van der Waals surface area contributed by atoms with Crippen molar-refractivity contribution in [1.82, 2.24) is 4.98 Å². The lowest BCUT2D eigenvalue weighted by atomic mass is 10.1. The number of nitrogens with two attached hydrogens (primary N) is 1. The van der Waals surface area contributed by atoms with Crippen molar-refractivity contribution in [2.24, 2.45) is 5.73 Å². The van der Waals surface area contributed by atoms with E-state index in [1.54, 1.807) is 13.0 Å². The monoisotopic (exact) mass is 278 g/mol. The number of carbonyl (C=O) groups excluding carboxylic acids is 1. The number of hydrogen-bond donors (Lipinski definition) is 3. The third-order valence-electron chi connectivity index (χ3n) is 2.50. The maximum absolute atomic E-state index is 11.1. The van der Waals surface area contributed by atoms with Gasteiger partial charge in [-0.25, -0.2) is 9.78 Å². The summed E-state index contributed by atoms with van der Waals surface area (Å²) in [5, 5.41) is 18.9. The number of aromatic nitrogens is 1. The fraction of sp³-hybridized carbons (Fsp3) is 0.0833. The van der Waals surface area contributed by atoms with E-state index in [2.05, 4.69) is 4.98 Å². The van der Waals surface area contributed by atoms with Crippen molar-refractivity contribution in [3.63, 3.8) is 0 Å². The summed E-state index contributed by atoms with van der Waals surface area (Å²) in [6.07, 6.45) is 0. The molecule has 0 aliphatic rings. The average Bonchev–Trinajstić information content (AvgIpc) is 2.71. The highest BCUT2D eigenvalue weighted by atomic mass is 32.1. The number of hydrogen-bond acceptors (Lipinski definition) is 5. The Kier molecular flexibility index (Phi) is 3.22. The van der Waals surface area contributed by atoms with E-state index in [0.717, 1.165) is 11.3 Å². The van der Waals surface area contributed by atoms with Crippen LogP contribution in [0.15, 0.2) is 18.2 Å². The van der Waals surface area contributed by atoms with Gasteiger partial charge in [-0.2, -0.15) is 0 Å². The molecule has 1 heterocycles. The van der Waals surface area contributed by atoms with Crippen LogP contribution >= 0.6 is 11.3 Å². The van der Waals surface area contributed by atoms with Crippen LogP contribution in [0.1, 0.15) is 25.7 Å². The Morgan fingerprint density at radius 3 is 2.58 bits per heavy atom. The molecular weight excluding hydrogens is 268 g/mol. The number of aromatic carboxylic acids is 1. The molecule has 7 heteroatoms. The molecule has 0 unspecified atom stereocenters. The highest BCUT2D eigenvalue weighted by Gasteiger charge is 2.16. The van der Waals surface area contributed by atoms with Crippen LogP contribution in [0, 0.1) is 6.92 Å². The maximum Gasteiger partial charge on any atom is 0.347 e. The zero-order valence-electron chi connectivity index (χ0n) is 9.88. The summed E-state index contributed by atoms with van der Waals surface area (Å²) < 4.78 is 0. The van der Waals surface area contributed by atoms with Gasteiger partial charge in [0.2, 0.25) is 0 Å². The second-order valence-corrected chi connectivity index (χ2v) is 4.83. The summed E-state index contributed by atoms with van der Waals surface area (Å²) in [6.45, 7) is 1.60. The SMILES string of the molecule is Cc1nc(-c2ccc(O)c(C(N)=O)c2)sc1C(=O)O. The van der Waals surface area contributed by atoms with Crippen molar-refractivity contribution in [1.29, 1.82) is 0 Å². The second-order valence-electron chi connectivity index (χ2n) is 3.83. The van der Waals surface area contributed by atoms with E-state index in [4.69, 9.17) is 10.8 Å². The summed E-state index contributed by atoms with van der Waals surface area (Å²) in [7, 11) is 0. The number of benzene rings is 1. The number of nitrogens with zero attached hydrogens (tertiary/aromatic N) is 1. The lowest BCUT2D eigenvalue weighted by molar-refractivity contribution is 0.0701. The molecule has 0 atom stereocenters. The Hall–Kier alpha value is -2.41. The van der Waals surface area contributed by atoms with Gasteiger partial charge in [0.15, 0.2) is 0 Å². The highest BCUT2D eigenvalue weighted by Crippen LogP contribution is 2.30. The first-order chi connectivity index (χ1) is 8.90. The lowest BCUT2D eigenvalue weighted by Gasteiger charge is -2.02. The molecule has 0 aliphatic heterocycles. The molecule has 98 valence electrons. The number of carboxylic acids is 1. The van der Waals surface area contributed by atoms with E-state index < -0.39 is 11.9 Å². The minimum atomic E-state index is -1.05. The van der Waals surface area contributed by atoms with Crippen LogP contribution in [-0.2, 0) is 0 Å². The van der Waals surface area contributed by atoms with Gasteiger partial charge in [0.1, 0.15) is 15.6 Å². The number of rotatable bonds is 3. The van der Waals surface area contributed by atoms with Crippen LogP contribution in [0.2, 0.25) is 0 Å². The van der Waals surface area contributed by atoms with Crippen molar-refractivity contribution >= 4 is 23.2 Å². The van der Waals surface area contributed by atoms with Crippen LogP contribution in [0.4, 0.5) is 0 Å². The number of phenols is 1. The molecule has 0 radical (unpaired) electrons. The largest absolute Gasteiger partial charge is 0.507 e. The quantitative estimate of drug-likeness (QED) is 0.789. The Balaban J connectivity index is 2.53. The zero-order valence-corrected chi connectivity index (χ0v) is 10.7. The lowest BCUT2D eigenvalue weighted by Crippen LogP contribution is -2.11.